The Morgan fingerprint density at radius 1 is 0.955 bits per heavy atom. The molecule has 0 heterocycles. The summed E-state index contributed by atoms with van der Waals surface area (Å²) in [4.78, 5) is 2.46. The van der Waals surface area contributed by atoms with Gasteiger partial charge in [-0.3, -0.25) is 0 Å². The van der Waals surface area contributed by atoms with Crippen LogP contribution in [0.5, 0.6) is 0 Å². The predicted octanol–water partition coefficient (Wildman–Crippen LogP) is 5.96. The summed E-state index contributed by atoms with van der Waals surface area (Å²) in [6, 6.07) is -0.0556. The Balaban J connectivity index is 3.39. The highest BCUT2D eigenvalue weighted by atomic mass is 35.5. The van der Waals surface area contributed by atoms with Crippen LogP contribution in [0.3, 0.4) is 0 Å². The second kappa shape index (κ2) is 5.80. The molecule has 12 heteroatoms. The monoisotopic (exact) mass is 377 g/mol. The van der Waals surface area contributed by atoms with Crippen LogP contribution >= 0.6 is 23.2 Å². The van der Waals surface area contributed by atoms with Gasteiger partial charge in [0, 0.05) is 0 Å². The molecule has 0 aliphatic rings. The van der Waals surface area contributed by atoms with Gasteiger partial charge in [-0.25, -0.2) is 9.38 Å². The number of halogens is 11. The fourth-order valence-electron chi connectivity index (χ4n) is 1.12. The van der Waals surface area contributed by atoms with Crippen LogP contribution in [-0.2, 0) is 6.18 Å². The van der Waals surface area contributed by atoms with Crippen molar-refractivity contribution in [2.75, 3.05) is 0 Å². The van der Waals surface area contributed by atoms with E-state index in [2.05, 4.69) is 4.99 Å². The molecule has 0 unspecified atom stereocenters. The van der Waals surface area contributed by atoms with Crippen LogP contribution in [0.15, 0.2) is 17.1 Å². The average molecular weight is 378 g/mol. The second-order valence-corrected chi connectivity index (χ2v) is 4.53. The molecule has 0 bridgehead atoms. The quantitative estimate of drug-likeness (QED) is 0.445. The van der Waals surface area contributed by atoms with Gasteiger partial charge in [-0.1, -0.05) is 23.2 Å². The molecule has 1 rings (SSSR count). The smallest absolute Gasteiger partial charge is 0.230 e. The minimum Gasteiger partial charge on any atom is -0.230 e. The van der Waals surface area contributed by atoms with Crippen molar-refractivity contribution < 1.29 is 39.5 Å². The zero-order chi connectivity index (χ0) is 17.5. The van der Waals surface area contributed by atoms with Gasteiger partial charge in [-0.05, 0) is 12.1 Å². The van der Waals surface area contributed by atoms with Crippen molar-refractivity contribution in [3.05, 3.63) is 28.5 Å². The summed E-state index contributed by atoms with van der Waals surface area (Å²) in [6.45, 7) is 0. The van der Waals surface area contributed by atoms with Crippen LogP contribution < -0.4 is 0 Å². The van der Waals surface area contributed by atoms with E-state index in [1.807, 2.05) is 0 Å². The molecular formula is C10H2Cl2F9N. The van der Waals surface area contributed by atoms with Gasteiger partial charge in [-0.15, -0.1) is 0 Å². The van der Waals surface area contributed by atoms with E-state index in [0.717, 1.165) is 0 Å². The molecule has 124 valence electrons. The van der Waals surface area contributed by atoms with Crippen molar-refractivity contribution >= 4 is 34.1 Å². The van der Waals surface area contributed by atoms with Gasteiger partial charge >= 0.3 is 18.3 Å². The molecule has 0 aliphatic carbocycles. The third-order valence-corrected chi connectivity index (χ3v) is 2.78. The van der Waals surface area contributed by atoms with Crippen molar-refractivity contribution in [3.63, 3.8) is 0 Å². The molecule has 0 atom stereocenters. The number of benzene rings is 1. The molecule has 0 fully saturated rings. The van der Waals surface area contributed by atoms with Gasteiger partial charge in [0.2, 0.25) is 0 Å². The minimum atomic E-state index is -6.12. The third-order valence-electron chi connectivity index (χ3n) is 2.17. The highest BCUT2D eigenvalue weighted by molar-refractivity contribution is 6.67. The summed E-state index contributed by atoms with van der Waals surface area (Å²) >= 11 is 9.92. The van der Waals surface area contributed by atoms with Crippen LogP contribution in [0.2, 0.25) is 5.02 Å². The van der Waals surface area contributed by atoms with Crippen LogP contribution in [0.4, 0.5) is 45.2 Å². The number of hydrogen-bond donors (Lipinski definition) is 0. The van der Waals surface area contributed by atoms with E-state index in [9.17, 15) is 39.5 Å². The Bertz CT molecular complexity index is 580. The summed E-state index contributed by atoms with van der Waals surface area (Å²) in [5.74, 6) is -7.48. The summed E-state index contributed by atoms with van der Waals surface area (Å²) in [7, 11) is 0. The van der Waals surface area contributed by atoms with Crippen molar-refractivity contribution in [1.82, 2.24) is 0 Å². The molecule has 1 aromatic rings. The first kappa shape index (κ1) is 18.9. The first-order chi connectivity index (χ1) is 9.68. The maximum absolute atomic E-state index is 13.4. The topological polar surface area (TPSA) is 12.4 Å². The van der Waals surface area contributed by atoms with Crippen LogP contribution in [0, 0.1) is 5.82 Å². The first-order valence-electron chi connectivity index (χ1n) is 4.93. The Kier molecular flexibility index (Phi) is 4.98. The molecule has 0 aromatic heterocycles. The Hall–Kier alpha value is -1.16. The number of rotatable bonds is 2. The summed E-state index contributed by atoms with van der Waals surface area (Å²) < 4.78 is 112. The Labute approximate surface area is 126 Å². The second-order valence-electron chi connectivity index (χ2n) is 3.76. The molecule has 0 spiro atoms. The van der Waals surface area contributed by atoms with Gasteiger partial charge in [0.15, 0.2) is 11.0 Å². The lowest BCUT2D eigenvalue weighted by Crippen LogP contribution is -2.41. The highest BCUT2D eigenvalue weighted by Crippen LogP contribution is 2.41. The molecule has 0 N–H and O–H groups in total. The molecule has 22 heavy (non-hydrogen) atoms. The lowest BCUT2D eigenvalue weighted by molar-refractivity contribution is -0.248. The normalized spacial score (nSPS) is 14.4. The molecule has 0 radical (unpaired) electrons. The fourth-order valence-corrected chi connectivity index (χ4v) is 1.56. The van der Waals surface area contributed by atoms with Gasteiger partial charge in [0.05, 0.1) is 10.6 Å². The molecule has 0 saturated heterocycles. The maximum Gasteiger partial charge on any atom is 0.460 e. The van der Waals surface area contributed by atoms with Gasteiger partial charge < -0.3 is 0 Å². The molecule has 1 nitrogen and oxygen atoms in total. The zero-order valence-electron chi connectivity index (χ0n) is 9.76. The summed E-state index contributed by atoms with van der Waals surface area (Å²) in [5.41, 5.74) is -2.95. The maximum atomic E-state index is 13.4. The van der Waals surface area contributed by atoms with Crippen LogP contribution in [-0.4, -0.2) is 17.3 Å². The summed E-state index contributed by atoms with van der Waals surface area (Å²) in [6.07, 6.45) is -11.1. The largest absolute Gasteiger partial charge is 0.460 e. The lowest BCUT2D eigenvalue weighted by atomic mass is 10.2. The van der Waals surface area contributed by atoms with Crippen molar-refractivity contribution in [2.24, 2.45) is 4.99 Å². The predicted molar refractivity (Wildman–Crippen MR) is 60.4 cm³/mol. The molecule has 0 aliphatic heterocycles. The molecular weight excluding hydrogens is 376 g/mol. The van der Waals surface area contributed by atoms with Crippen LogP contribution in [0.1, 0.15) is 5.56 Å². The number of alkyl halides is 8. The van der Waals surface area contributed by atoms with Crippen LogP contribution in [0.25, 0.3) is 0 Å². The average Bonchev–Trinajstić information content (AvgIpc) is 2.30. The van der Waals surface area contributed by atoms with Gasteiger partial charge in [0.1, 0.15) is 5.69 Å². The van der Waals surface area contributed by atoms with Gasteiger partial charge in [-0.2, -0.15) is 35.1 Å². The molecule has 0 saturated carbocycles. The van der Waals surface area contributed by atoms with E-state index in [-0.39, 0.29) is 12.1 Å². The lowest BCUT2D eigenvalue weighted by Gasteiger charge is -2.18. The number of nitrogens with zero attached hydrogens (tertiary/aromatic N) is 1. The van der Waals surface area contributed by atoms with E-state index in [1.165, 1.54) is 0 Å². The molecule has 1 aromatic carbocycles. The highest BCUT2D eigenvalue weighted by Gasteiger charge is 2.61. The standard InChI is InChI=1S/C10H2Cl2F9N/c11-4-1-3(9(16,17)18)2-5(13)6(4)22-7(12)8(14,15)10(19,20)21/h1-2H. The van der Waals surface area contributed by atoms with E-state index < -0.39 is 45.5 Å². The Morgan fingerprint density at radius 2 is 1.45 bits per heavy atom. The van der Waals surface area contributed by atoms with E-state index in [1.54, 1.807) is 0 Å². The minimum absolute atomic E-state index is 0.110. The first-order valence-corrected chi connectivity index (χ1v) is 5.69. The van der Waals surface area contributed by atoms with E-state index >= 15 is 0 Å². The summed E-state index contributed by atoms with van der Waals surface area (Å²) in [5, 5.41) is -3.52. The SMILES string of the molecule is Fc1cc(C(F)(F)F)cc(Cl)c1N=C(Cl)C(F)(F)C(F)(F)F. The van der Waals surface area contributed by atoms with Crippen molar-refractivity contribution in [3.8, 4) is 0 Å². The van der Waals surface area contributed by atoms with Crippen molar-refractivity contribution in [1.29, 1.82) is 0 Å². The van der Waals surface area contributed by atoms with E-state index in [4.69, 9.17) is 23.2 Å². The third kappa shape index (κ3) is 3.78. The van der Waals surface area contributed by atoms with Crippen molar-refractivity contribution in [2.45, 2.75) is 18.3 Å². The van der Waals surface area contributed by atoms with E-state index in [0.29, 0.717) is 0 Å². The Morgan fingerprint density at radius 3 is 1.82 bits per heavy atom. The zero-order valence-corrected chi connectivity index (χ0v) is 11.3. The van der Waals surface area contributed by atoms with Gasteiger partial charge in [0.25, 0.3) is 0 Å². The fraction of sp³-hybridized carbons (Fsp3) is 0.300. The molecule has 0 amide bonds. The number of aliphatic imine (C=N–C) groups is 1. The number of hydrogen-bond acceptors (Lipinski definition) is 1.